The Labute approximate surface area is 132 Å². The van der Waals surface area contributed by atoms with Crippen LogP contribution in [0.3, 0.4) is 0 Å². The number of benzene rings is 1. The number of nitrogens with zero attached hydrogens (tertiary/aromatic N) is 1. The minimum Gasteiger partial charge on any atom is -0.312 e. The summed E-state index contributed by atoms with van der Waals surface area (Å²) < 4.78 is 25.5. The lowest BCUT2D eigenvalue weighted by Gasteiger charge is -2.18. The SMILES string of the molecule is CCS(=O)(=O)NCc1ccc2c(c1)CCN2C(=O)CC(C)C. The van der Waals surface area contributed by atoms with E-state index >= 15 is 0 Å². The van der Waals surface area contributed by atoms with Gasteiger partial charge in [-0.1, -0.05) is 26.0 Å². The third kappa shape index (κ3) is 4.08. The molecular formula is C16H24N2O3S. The van der Waals surface area contributed by atoms with Gasteiger partial charge >= 0.3 is 0 Å². The highest BCUT2D eigenvalue weighted by atomic mass is 32.2. The molecule has 22 heavy (non-hydrogen) atoms. The van der Waals surface area contributed by atoms with Crippen LogP contribution in [0.1, 0.15) is 38.3 Å². The Balaban J connectivity index is 2.09. The maximum Gasteiger partial charge on any atom is 0.227 e. The molecule has 1 amide bonds. The monoisotopic (exact) mass is 324 g/mol. The van der Waals surface area contributed by atoms with Crippen LogP contribution >= 0.6 is 0 Å². The molecule has 1 heterocycles. The molecule has 2 rings (SSSR count). The number of rotatable bonds is 6. The van der Waals surface area contributed by atoms with Gasteiger partial charge in [0.15, 0.2) is 0 Å². The number of amides is 1. The number of sulfonamides is 1. The van der Waals surface area contributed by atoms with Crippen molar-refractivity contribution in [1.29, 1.82) is 0 Å². The van der Waals surface area contributed by atoms with E-state index in [1.165, 1.54) is 0 Å². The van der Waals surface area contributed by atoms with Crippen molar-refractivity contribution >= 4 is 21.6 Å². The normalized spacial score (nSPS) is 14.5. The van der Waals surface area contributed by atoms with Crippen LogP contribution in [-0.4, -0.2) is 26.6 Å². The molecule has 0 bridgehead atoms. The first-order valence-corrected chi connectivity index (χ1v) is 9.37. The molecule has 1 N–H and O–H groups in total. The van der Waals surface area contributed by atoms with Crippen LogP contribution in [0.2, 0.25) is 0 Å². The van der Waals surface area contributed by atoms with Gasteiger partial charge in [-0.25, -0.2) is 13.1 Å². The summed E-state index contributed by atoms with van der Waals surface area (Å²) >= 11 is 0. The number of carbonyl (C=O) groups excluding carboxylic acids is 1. The quantitative estimate of drug-likeness (QED) is 0.871. The zero-order chi connectivity index (χ0) is 16.3. The second kappa shape index (κ2) is 6.79. The summed E-state index contributed by atoms with van der Waals surface area (Å²) in [6.45, 7) is 6.70. The Morgan fingerprint density at radius 2 is 2.09 bits per heavy atom. The molecule has 1 aliphatic rings. The third-order valence-corrected chi connectivity index (χ3v) is 5.14. The van der Waals surface area contributed by atoms with Gasteiger partial charge in [0, 0.05) is 25.2 Å². The third-order valence-electron chi connectivity index (χ3n) is 3.80. The van der Waals surface area contributed by atoms with Gasteiger partial charge in [0.1, 0.15) is 0 Å². The first kappa shape index (κ1) is 17.0. The summed E-state index contributed by atoms with van der Waals surface area (Å²) in [6, 6.07) is 5.81. The predicted molar refractivity (Wildman–Crippen MR) is 88.3 cm³/mol. The van der Waals surface area contributed by atoms with Gasteiger partial charge in [-0.05, 0) is 36.5 Å². The summed E-state index contributed by atoms with van der Waals surface area (Å²) in [7, 11) is -3.18. The molecule has 122 valence electrons. The molecule has 0 radical (unpaired) electrons. The molecule has 0 atom stereocenters. The molecule has 0 fully saturated rings. The first-order chi connectivity index (χ1) is 10.3. The number of nitrogens with one attached hydrogen (secondary N) is 1. The van der Waals surface area contributed by atoms with Crippen LogP contribution in [0.5, 0.6) is 0 Å². The van der Waals surface area contributed by atoms with Crippen molar-refractivity contribution < 1.29 is 13.2 Å². The highest BCUT2D eigenvalue weighted by Gasteiger charge is 2.25. The molecule has 0 spiro atoms. The molecular weight excluding hydrogens is 300 g/mol. The Morgan fingerprint density at radius 1 is 1.36 bits per heavy atom. The Kier molecular flexibility index (Phi) is 5.24. The first-order valence-electron chi connectivity index (χ1n) is 7.72. The molecule has 1 aromatic carbocycles. The molecule has 1 aliphatic heterocycles. The minimum atomic E-state index is -3.18. The van der Waals surface area contributed by atoms with E-state index in [2.05, 4.69) is 4.72 Å². The molecule has 0 saturated carbocycles. The fourth-order valence-electron chi connectivity index (χ4n) is 2.58. The fourth-order valence-corrected chi connectivity index (χ4v) is 3.17. The lowest BCUT2D eigenvalue weighted by molar-refractivity contribution is -0.119. The lowest BCUT2D eigenvalue weighted by Crippen LogP contribution is -2.29. The average Bonchev–Trinajstić information content (AvgIpc) is 2.87. The summed E-state index contributed by atoms with van der Waals surface area (Å²) in [5.41, 5.74) is 3.01. The van der Waals surface area contributed by atoms with E-state index in [-0.39, 0.29) is 11.7 Å². The van der Waals surface area contributed by atoms with Crippen molar-refractivity contribution in [1.82, 2.24) is 4.72 Å². The number of hydrogen-bond acceptors (Lipinski definition) is 3. The Bertz CT molecular complexity index is 653. The van der Waals surface area contributed by atoms with E-state index in [9.17, 15) is 13.2 Å². The summed E-state index contributed by atoms with van der Waals surface area (Å²) in [6.07, 6.45) is 1.38. The molecule has 0 saturated heterocycles. The van der Waals surface area contributed by atoms with Gasteiger partial charge in [-0.3, -0.25) is 4.79 Å². The summed E-state index contributed by atoms with van der Waals surface area (Å²) in [4.78, 5) is 14.1. The van der Waals surface area contributed by atoms with Crippen molar-refractivity contribution in [3.8, 4) is 0 Å². The van der Waals surface area contributed by atoms with E-state index in [0.29, 0.717) is 25.4 Å². The van der Waals surface area contributed by atoms with E-state index in [0.717, 1.165) is 23.2 Å². The van der Waals surface area contributed by atoms with E-state index in [4.69, 9.17) is 0 Å². The summed E-state index contributed by atoms with van der Waals surface area (Å²) in [5.74, 6) is 0.586. The molecule has 6 heteroatoms. The van der Waals surface area contributed by atoms with Gasteiger partial charge in [-0.2, -0.15) is 0 Å². The number of hydrogen-bond donors (Lipinski definition) is 1. The molecule has 5 nitrogen and oxygen atoms in total. The van der Waals surface area contributed by atoms with Crippen LogP contribution in [0.25, 0.3) is 0 Å². The van der Waals surface area contributed by atoms with Gasteiger partial charge < -0.3 is 4.90 Å². The van der Waals surface area contributed by atoms with Crippen LogP contribution in [0.4, 0.5) is 5.69 Å². The molecule has 0 unspecified atom stereocenters. The van der Waals surface area contributed by atoms with Crippen molar-refractivity contribution in [3.63, 3.8) is 0 Å². The zero-order valence-corrected chi connectivity index (χ0v) is 14.2. The van der Waals surface area contributed by atoms with Crippen LogP contribution in [-0.2, 0) is 27.8 Å². The standard InChI is InChI=1S/C16H24N2O3S/c1-4-22(20,21)17-11-13-5-6-15-14(10-13)7-8-18(15)16(19)9-12(2)3/h5-6,10,12,17H,4,7-9,11H2,1-3H3. The van der Waals surface area contributed by atoms with Crippen molar-refractivity contribution in [2.24, 2.45) is 5.92 Å². The molecule has 0 aliphatic carbocycles. The van der Waals surface area contributed by atoms with Gasteiger partial charge in [0.05, 0.1) is 5.75 Å². The van der Waals surface area contributed by atoms with Gasteiger partial charge in [-0.15, -0.1) is 0 Å². The average molecular weight is 324 g/mol. The fraction of sp³-hybridized carbons (Fsp3) is 0.562. The maximum atomic E-state index is 12.2. The van der Waals surface area contributed by atoms with E-state index in [1.54, 1.807) is 6.92 Å². The van der Waals surface area contributed by atoms with Gasteiger partial charge in [0.2, 0.25) is 15.9 Å². The number of anilines is 1. The lowest BCUT2D eigenvalue weighted by atomic mass is 10.1. The predicted octanol–water partition coefficient (Wildman–Crippen LogP) is 2.06. The van der Waals surface area contributed by atoms with Gasteiger partial charge in [0.25, 0.3) is 0 Å². The van der Waals surface area contributed by atoms with Crippen molar-refractivity contribution in [3.05, 3.63) is 29.3 Å². The van der Waals surface area contributed by atoms with Crippen LogP contribution in [0, 0.1) is 5.92 Å². The molecule has 1 aromatic rings. The second-order valence-corrected chi connectivity index (χ2v) is 8.18. The highest BCUT2D eigenvalue weighted by Crippen LogP contribution is 2.30. The largest absolute Gasteiger partial charge is 0.312 e. The van der Waals surface area contributed by atoms with Crippen LogP contribution < -0.4 is 9.62 Å². The maximum absolute atomic E-state index is 12.2. The number of fused-ring (bicyclic) bond motifs is 1. The van der Waals surface area contributed by atoms with Crippen LogP contribution in [0.15, 0.2) is 18.2 Å². The minimum absolute atomic E-state index is 0.0788. The molecule has 0 aromatic heterocycles. The van der Waals surface area contributed by atoms with E-state index < -0.39 is 10.0 Å². The topological polar surface area (TPSA) is 66.5 Å². The Hall–Kier alpha value is -1.40. The second-order valence-electron chi connectivity index (χ2n) is 6.08. The van der Waals surface area contributed by atoms with Crippen molar-refractivity contribution in [2.45, 2.75) is 40.2 Å². The van der Waals surface area contributed by atoms with Crippen molar-refractivity contribution in [2.75, 3.05) is 17.2 Å². The Morgan fingerprint density at radius 3 is 2.73 bits per heavy atom. The van der Waals surface area contributed by atoms with E-state index in [1.807, 2.05) is 36.9 Å². The zero-order valence-electron chi connectivity index (χ0n) is 13.4. The summed E-state index contributed by atoms with van der Waals surface area (Å²) in [5, 5.41) is 0. The number of carbonyl (C=O) groups is 1. The smallest absolute Gasteiger partial charge is 0.227 e. The highest BCUT2D eigenvalue weighted by molar-refractivity contribution is 7.89.